The summed E-state index contributed by atoms with van der Waals surface area (Å²) < 4.78 is 5.27. The highest BCUT2D eigenvalue weighted by Crippen LogP contribution is 2.18. The van der Waals surface area contributed by atoms with Crippen LogP contribution in [0.15, 0.2) is 37.2 Å². The molecule has 4 heteroatoms. The predicted octanol–water partition coefficient (Wildman–Crippen LogP) is 3.61. The number of nitrogens with one attached hydrogen (secondary N) is 1. The van der Waals surface area contributed by atoms with Gasteiger partial charge in [-0.25, -0.2) is 4.79 Å². The summed E-state index contributed by atoms with van der Waals surface area (Å²) in [6.07, 6.45) is 6.47. The van der Waals surface area contributed by atoms with Gasteiger partial charge in [-0.2, -0.15) is 0 Å². The number of alkyl carbamates (subject to hydrolysis) is 1. The Kier molecular flexibility index (Phi) is 5.55. The van der Waals surface area contributed by atoms with Crippen LogP contribution < -0.4 is 5.32 Å². The average molecular weight is 262 g/mol. The minimum Gasteiger partial charge on any atom is -0.444 e. The molecular weight excluding hydrogens is 240 g/mol. The molecule has 0 spiro atoms. The van der Waals surface area contributed by atoms with Crippen LogP contribution in [0.2, 0.25) is 0 Å². The van der Waals surface area contributed by atoms with Crippen molar-refractivity contribution in [3.05, 3.63) is 42.7 Å². The third kappa shape index (κ3) is 6.04. The molecule has 1 aromatic rings. The van der Waals surface area contributed by atoms with Crippen molar-refractivity contribution in [3.63, 3.8) is 0 Å². The molecule has 0 fully saturated rings. The van der Waals surface area contributed by atoms with Gasteiger partial charge in [0.1, 0.15) is 5.60 Å². The van der Waals surface area contributed by atoms with E-state index in [0.29, 0.717) is 0 Å². The molecule has 0 saturated heterocycles. The zero-order valence-electron chi connectivity index (χ0n) is 11.8. The molecule has 1 unspecified atom stereocenters. The molecule has 1 rings (SSSR count). The first-order valence-electron chi connectivity index (χ1n) is 6.42. The van der Waals surface area contributed by atoms with E-state index in [2.05, 4.69) is 16.9 Å². The Bertz CT molecular complexity index is 410. The highest BCUT2D eigenvalue weighted by atomic mass is 16.6. The lowest BCUT2D eigenvalue weighted by atomic mass is 10.0. The molecule has 0 aliphatic rings. The van der Waals surface area contributed by atoms with Crippen molar-refractivity contribution in [1.82, 2.24) is 10.3 Å². The number of carbonyl (C=O) groups excluding carboxylic acids is 1. The van der Waals surface area contributed by atoms with Gasteiger partial charge >= 0.3 is 6.09 Å². The molecule has 1 heterocycles. The lowest BCUT2D eigenvalue weighted by Crippen LogP contribution is -2.35. The van der Waals surface area contributed by atoms with Crippen LogP contribution >= 0.6 is 0 Å². The average Bonchev–Trinajstić information content (AvgIpc) is 2.33. The third-order valence-electron chi connectivity index (χ3n) is 2.44. The molecule has 19 heavy (non-hydrogen) atoms. The van der Waals surface area contributed by atoms with Crippen LogP contribution in [0.25, 0.3) is 0 Å². The highest BCUT2D eigenvalue weighted by Gasteiger charge is 2.20. The number of ether oxygens (including phenoxy) is 1. The smallest absolute Gasteiger partial charge is 0.408 e. The first-order valence-corrected chi connectivity index (χ1v) is 6.42. The maximum Gasteiger partial charge on any atom is 0.408 e. The SMILES string of the molecule is C=CCCC(NC(=O)OC(C)(C)C)c1cccnc1. The predicted molar refractivity (Wildman–Crippen MR) is 75.8 cm³/mol. The summed E-state index contributed by atoms with van der Waals surface area (Å²) in [4.78, 5) is 15.9. The Balaban J connectivity index is 2.70. The molecular formula is C15H22N2O2. The molecule has 0 aliphatic heterocycles. The molecule has 1 amide bonds. The number of carbonyl (C=O) groups is 1. The fraction of sp³-hybridized carbons (Fsp3) is 0.467. The second kappa shape index (κ2) is 6.92. The summed E-state index contributed by atoms with van der Waals surface area (Å²) in [5, 5.41) is 2.88. The minimum atomic E-state index is -0.498. The molecule has 4 nitrogen and oxygen atoms in total. The van der Waals surface area contributed by atoms with Crippen LogP contribution in [0.5, 0.6) is 0 Å². The summed E-state index contributed by atoms with van der Waals surface area (Å²) in [5.41, 5.74) is 0.470. The van der Waals surface area contributed by atoms with E-state index in [4.69, 9.17) is 4.74 Å². The van der Waals surface area contributed by atoms with E-state index in [-0.39, 0.29) is 6.04 Å². The van der Waals surface area contributed by atoms with E-state index in [1.54, 1.807) is 12.4 Å². The van der Waals surface area contributed by atoms with Gasteiger partial charge in [-0.1, -0.05) is 12.1 Å². The standard InChI is InChI=1S/C15H22N2O2/c1-5-6-9-13(12-8-7-10-16-11-12)17-14(18)19-15(2,3)4/h5,7-8,10-11,13H,1,6,9H2,2-4H3,(H,17,18). The number of amides is 1. The number of hydrogen-bond donors (Lipinski definition) is 1. The van der Waals surface area contributed by atoms with Gasteiger partial charge in [0.15, 0.2) is 0 Å². The number of aromatic nitrogens is 1. The van der Waals surface area contributed by atoms with Crippen molar-refractivity contribution in [3.8, 4) is 0 Å². The van der Waals surface area contributed by atoms with Gasteiger partial charge in [-0.05, 0) is 45.2 Å². The molecule has 1 N–H and O–H groups in total. The minimum absolute atomic E-state index is 0.110. The molecule has 0 aliphatic carbocycles. The van der Waals surface area contributed by atoms with E-state index >= 15 is 0 Å². The summed E-state index contributed by atoms with van der Waals surface area (Å²) in [6.45, 7) is 9.23. The Morgan fingerprint density at radius 3 is 2.84 bits per heavy atom. The number of hydrogen-bond acceptors (Lipinski definition) is 3. The Morgan fingerprint density at radius 2 is 2.32 bits per heavy atom. The monoisotopic (exact) mass is 262 g/mol. The van der Waals surface area contributed by atoms with Gasteiger partial charge in [0.2, 0.25) is 0 Å². The normalized spacial score (nSPS) is 12.6. The first kappa shape index (κ1) is 15.2. The van der Waals surface area contributed by atoms with E-state index in [1.807, 2.05) is 39.0 Å². The first-order chi connectivity index (χ1) is 8.92. The Hall–Kier alpha value is -1.84. The van der Waals surface area contributed by atoms with Crippen LogP contribution in [0.1, 0.15) is 45.2 Å². The fourth-order valence-electron chi connectivity index (χ4n) is 1.64. The topological polar surface area (TPSA) is 51.2 Å². The molecule has 0 radical (unpaired) electrons. The van der Waals surface area contributed by atoms with Crippen molar-refractivity contribution < 1.29 is 9.53 Å². The van der Waals surface area contributed by atoms with Gasteiger partial charge in [-0.3, -0.25) is 4.98 Å². The molecule has 0 aromatic carbocycles. The van der Waals surface area contributed by atoms with Crippen LogP contribution in [0.3, 0.4) is 0 Å². The highest BCUT2D eigenvalue weighted by molar-refractivity contribution is 5.68. The van der Waals surface area contributed by atoms with Crippen molar-refractivity contribution in [2.45, 2.75) is 45.3 Å². The maximum atomic E-state index is 11.8. The number of rotatable bonds is 5. The van der Waals surface area contributed by atoms with Crippen LogP contribution in [0.4, 0.5) is 4.79 Å². The van der Waals surface area contributed by atoms with Gasteiger partial charge in [0.25, 0.3) is 0 Å². The maximum absolute atomic E-state index is 11.8. The molecule has 0 bridgehead atoms. The number of nitrogens with zero attached hydrogens (tertiary/aromatic N) is 1. The summed E-state index contributed by atoms with van der Waals surface area (Å²) in [7, 11) is 0. The molecule has 104 valence electrons. The zero-order chi connectivity index (χ0) is 14.3. The lowest BCUT2D eigenvalue weighted by Gasteiger charge is -2.23. The van der Waals surface area contributed by atoms with Crippen LogP contribution in [0, 0.1) is 0 Å². The van der Waals surface area contributed by atoms with Crippen molar-refractivity contribution in [2.24, 2.45) is 0 Å². The van der Waals surface area contributed by atoms with Gasteiger partial charge in [0, 0.05) is 12.4 Å². The molecule has 1 aromatic heterocycles. The van der Waals surface area contributed by atoms with Gasteiger partial charge in [0.05, 0.1) is 6.04 Å². The van der Waals surface area contributed by atoms with Crippen LogP contribution in [-0.4, -0.2) is 16.7 Å². The van der Waals surface area contributed by atoms with Crippen LogP contribution in [-0.2, 0) is 4.74 Å². The largest absolute Gasteiger partial charge is 0.444 e. The number of allylic oxidation sites excluding steroid dienone is 1. The number of pyridine rings is 1. The van der Waals surface area contributed by atoms with E-state index in [9.17, 15) is 4.79 Å². The zero-order valence-corrected chi connectivity index (χ0v) is 11.8. The van der Waals surface area contributed by atoms with E-state index < -0.39 is 11.7 Å². The van der Waals surface area contributed by atoms with E-state index in [1.165, 1.54) is 0 Å². The van der Waals surface area contributed by atoms with Crippen molar-refractivity contribution in [2.75, 3.05) is 0 Å². The second-order valence-electron chi connectivity index (χ2n) is 5.35. The Labute approximate surface area is 114 Å². The molecule has 0 saturated carbocycles. The summed E-state index contributed by atoms with van der Waals surface area (Å²) >= 11 is 0. The van der Waals surface area contributed by atoms with Crippen molar-refractivity contribution >= 4 is 6.09 Å². The third-order valence-corrected chi connectivity index (χ3v) is 2.44. The lowest BCUT2D eigenvalue weighted by molar-refractivity contribution is 0.0501. The fourth-order valence-corrected chi connectivity index (χ4v) is 1.64. The van der Waals surface area contributed by atoms with E-state index in [0.717, 1.165) is 18.4 Å². The van der Waals surface area contributed by atoms with Gasteiger partial charge in [-0.15, -0.1) is 6.58 Å². The van der Waals surface area contributed by atoms with Gasteiger partial charge < -0.3 is 10.1 Å². The van der Waals surface area contributed by atoms with Crippen molar-refractivity contribution in [1.29, 1.82) is 0 Å². The quantitative estimate of drug-likeness (QED) is 0.825. The molecule has 1 atom stereocenters. The summed E-state index contributed by atoms with van der Waals surface area (Å²) in [5.74, 6) is 0. The Morgan fingerprint density at radius 1 is 1.58 bits per heavy atom. The second-order valence-corrected chi connectivity index (χ2v) is 5.35. The summed E-state index contributed by atoms with van der Waals surface area (Å²) in [6, 6.07) is 3.69.